The van der Waals surface area contributed by atoms with Gasteiger partial charge in [-0.05, 0) is 18.1 Å². The first-order chi connectivity index (χ1) is 13.1. The van der Waals surface area contributed by atoms with Crippen LogP contribution in [0.1, 0.15) is 6.42 Å². The van der Waals surface area contributed by atoms with E-state index in [4.69, 9.17) is 10.2 Å². The van der Waals surface area contributed by atoms with Gasteiger partial charge in [-0.15, -0.1) is 0 Å². The van der Waals surface area contributed by atoms with Crippen molar-refractivity contribution in [2.75, 3.05) is 18.2 Å². The molecule has 2 aromatic rings. The van der Waals surface area contributed by atoms with Crippen LogP contribution in [0, 0.1) is 5.82 Å². The molecule has 0 aliphatic carbocycles. The average molecular weight is 410 g/mol. The molecule has 28 heavy (non-hydrogen) atoms. The van der Waals surface area contributed by atoms with Crippen LogP contribution in [-0.4, -0.2) is 49.5 Å². The van der Waals surface area contributed by atoms with Crippen molar-refractivity contribution < 1.29 is 32.6 Å². The number of benzene rings is 2. The summed E-state index contributed by atoms with van der Waals surface area (Å²) in [7, 11) is -4.00. The third-order valence-corrected chi connectivity index (χ3v) is 4.98. The molecular weight excluding hydrogens is 391 g/mol. The molecule has 1 unspecified atom stereocenters. The first kappa shape index (κ1) is 21.3. The van der Waals surface area contributed by atoms with Crippen LogP contribution < -0.4 is 10.6 Å². The molecule has 0 heterocycles. The molecule has 0 saturated heterocycles. The Morgan fingerprint density at radius 2 is 1.79 bits per heavy atom. The van der Waals surface area contributed by atoms with E-state index in [1.54, 1.807) is 30.3 Å². The summed E-state index contributed by atoms with van der Waals surface area (Å²) >= 11 is 0. The van der Waals surface area contributed by atoms with Gasteiger partial charge >= 0.3 is 6.09 Å². The second kappa shape index (κ2) is 8.81. The molecule has 0 radical (unpaired) electrons. The molecule has 2 aromatic carbocycles. The van der Waals surface area contributed by atoms with Gasteiger partial charge in [0.2, 0.25) is 5.91 Å². The molecule has 0 aromatic heterocycles. The summed E-state index contributed by atoms with van der Waals surface area (Å²) in [5.41, 5.74) is 0.194. The predicted molar refractivity (Wildman–Crippen MR) is 100 cm³/mol. The Morgan fingerprint density at radius 3 is 2.32 bits per heavy atom. The lowest BCUT2D eigenvalue weighted by molar-refractivity contribution is -0.118. The minimum Gasteiger partial charge on any atom is -0.465 e. The van der Waals surface area contributed by atoms with Gasteiger partial charge in [0.25, 0.3) is 0 Å². The van der Waals surface area contributed by atoms with Gasteiger partial charge in [-0.1, -0.05) is 36.4 Å². The monoisotopic (exact) mass is 410 g/mol. The molecule has 0 fully saturated rings. The molecule has 0 bridgehead atoms. The minimum absolute atomic E-state index is 0.133. The maximum Gasteiger partial charge on any atom is 0.405 e. The summed E-state index contributed by atoms with van der Waals surface area (Å²) in [4.78, 5) is 22.4. The quantitative estimate of drug-likeness (QED) is 0.551. The molecule has 10 heteroatoms. The first-order valence-corrected chi connectivity index (χ1v) is 10.0. The van der Waals surface area contributed by atoms with Gasteiger partial charge < -0.3 is 20.8 Å². The smallest absolute Gasteiger partial charge is 0.405 e. The van der Waals surface area contributed by atoms with Gasteiger partial charge in [-0.2, -0.15) is 0 Å². The highest BCUT2D eigenvalue weighted by Gasteiger charge is 2.26. The largest absolute Gasteiger partial charge is 0.465 e. The van der Waals surface area contributed by atoms with Crippen molar-refractivity contribution in [1.82, 2.24) is 5.32 Å². The summed E-state index contributed by atoms with van der Waals surface area (Å²) in [5, 5.41) is 21.8. The number of nitrogens with one attached hydrogen (secondary N) is 2. The summed E-state index contributed by atoms with van der Waals surface area (Å²) in [6, 6.07) is 9.53. The fourth-order valence-corrected chi connectivity index (χ4v) is 3.65. The molecule has 2 amide bonds. The number of aliphatic hydroxyl groups excluding tert-OH is 1. The highest BCUT2D eigenvalue weighted by atomic mass is 32.2. The van der Waals surface area contributed by atoms with Crippen molar-refractivity contribution in [1.29, 1.82) is 0 Å². The number of anilines is 1. The Kier molecular flexibility index (Phi) is 6.71. The number of aliphatic hydroxyl groups is 1. The fourth-order valence-electron chi connectivity index (χ4n) is 2.63. The minimum atomic E-state index is -4.00. The zero-order chi connectivity index (χ0) is 20.9. The number of carbonyl (C=O) groups is 2. The van der Waals surface area contributed by atoms with Crippen molar-refractivity contribution in [3.63, 3.8) is 0 Å². The number of carbonyl (C=O) groups excluding carboxylic acids is 1. The van der Waals surface area contributed by atoms with Crippen molar-refractivity contribution >= 4 is 27.5 Å². The lowest BCUT2D eigenvalue weighted by atomic mass is 10.0. The molecule has 0 aliphatic rings. The summed E-state index contributed by atoms with van der Waals surface area (Å²) in [6.45, 7) is -0.484. The van der Waals surface area contributed by atoms with Crippen LogP contribution in [0.3, 0.4) is 0 Å². The standard InChI is InChI=1S/C18H19FN2O6S/c1-28(26,27)16-12(11-5-3-2-4-6-11)7-8-13(15(16)19)20-17(23)14(9-10-22)21-18(24)25/h2-8,14,21-22H,9-10H2,1H3,(H,20,23)(H,24,25). The third-order valence-electron chi connectivity index (χ3n) is 3.84. The third kappa shape index (κ3) is 5.05. The van der Waals surface area contributed by atoms with E-state index < -0.39 is 50.9 Å². The molecule has 4 N–H and O–H groups in total. The van der Waals surface area contributed by atoms with Crippen LogP contribution >= 0.6 is 0 Å². The van der Waals surface area contributed by atoms with E-state index in [0.29, 0.717) is 5.56 Å². The molecule has 0 saturated carbocycles. The highest BCUT2D eigenvalue weighted by Crippen LogP contribution is 2.33. The SMILES string of the molecule is CS(=O)(=O)c1c(-c2ccccc2)ccc(NC(=O)C(CCO)NC(=O)O)c1F. The lowest BCUT2D eigenvalue weighted by Gasteiger charge is -2.18. The van der Waals surface area contributed by atoms with Gasteiger partial charge in [-0.25, -0.2) is 17.6 Å². The Balaban J connectivity index is 2.47. The van der Waals surface area contributed by atoms with E-state index in [1.165, 1.54) is 12.1 Å². The lowest BCUT2D eigenvalue weighted by Crippen LogP contribution is -2.43. The van der Waals surface area contributed by atoms with Crippen LogP contribution in [0.15, 0.2) is 47.4 Å². The number of sulfone groups is 1. The highest BCUT2D eigenvalue weighted by molar-refractivity contribution is 7.90. The van der Waals surface area contributed by atoms with E-state index in [2.05, 4.69) is 5.32 Å². The number of rotatable bonds is 7. The Bertz CT molecular complexity index is 979. The molecule has 150 valence electrons. The summed E-state index contributed by atoms with van der Waals surface area (Å²) < 4.78 is 39.4. The van der Waals surface area contributed by atoms with Gasteiger partial charge in [0.15, 0.2) is 15.7 Å². The first-order valence-electron chi connectivity index (χ1n) is 8.14. The second-order valence-corrected chi connectivity index (χ2v) is 7.90. The number of hydrogen-bond donors (Lipinski definition) is 4. The number of carboxylic acid groups (broad SMARTS) is 1. The van der Waals surface area contributed by atoms with E-state index in [-0.39, 0.29) is 12.0 Å². The zero-order valence-electron chi connectivity index (χ0n) is 14.8. The van der Waals surface area contributed by atoms with Gasteiger partial charge in [0, 0.05) is 18.4 Å². The summed E-state index contributed by atoms with van der Waals surface area (Å²) in [6.07, 6.45) is -0.879. The molecule has 8 nitrogen and oxygen atoms in total. The molecular formula is C18H19FN2O6S. The van der Waals surface area contributed by atoms with Crippen LogP contribution in [0.4, 0.5) is 14.9 Å². The van der Waals surface area contributed by atoms with Gasteiger partial charge in [-0.3, -0.25) is 4.79 Å². The second-order valence-electron chi connectivity index (χ2n) is 5.95. The summed E-state index contributed by atoms with van der Waals surface area (Å²) in [5.74, 6) is -2.09. The fraction of sp³-hybridized carbons (Fsp3) is 0.222. The van der Waals surface area contributed by atoms with E-state index in [9.17, 15) is 18.0 Å². The molecule has 0 spiro atoms. The van der Waals surface area contributed by atoms with Crippen LogP contribution in [0.2, 0.25) is 0 Å². The maximum absolute atomic E-state index is 15.0. The van der Waals surface area contributed by atoms with Gasteiger partial charge in [0.05, 0.1) is 5.69 Å². The van der Waals surface area contributed by atoms with Crippen LogP contribution in [0.25, 0.3) is 11.1 Å². The molecule has 0 aliphatic heterocycles. The Hall–Kier alpha value is -2.98. The van der Waals surface area contributed by atoms with E-state index >= 15 is 4.39 Å². The van der Waals surface area contributed by atoms with E-state index in [1.807, 2.05) is 5.32 Å². The van der Waals surface area contributed by atoms with Crippen molar-refractivity contribution in [3.05, 3.63) is 48.3 Å². The van der Waals surface area contributed by atoms with Crippen molar-refractivity contribution in [2.24, 2.45) is 0 Å². The van der Waals surface area contributed by atoms with Gasteiger partial charge in [0.1, 0.15) is 10.9 Å². The average Bonchev–Trinajstić information content (AvgIpc) is 2.62. The maximum atomic E-state index is 15.0. The normalized spacial score (nSPS) is 12.2. The molecule has 1 atom stereocenters. The Labute approximate surface area is 160 Å². The van der Waals surface area contributed by atoms with Crippen LogP contribution in [0.5, 0.6) is 0 Å². The number of amides is 2. The predicted octanol–water partition coefficient (Wildman–Crippen LogP) is 1.85. The molecule has 2 rings (SSSR count). The number of hydrogen-bond acceptors (Lipinski definition) is 5. The van der Waals surface area contributed by atoms with Crippen LogP contribution in [-0.2, 0) is 14.6 Å². The Morgan fingerprint density at radius 1 is 1.14 bits per heavy atom. The van der Waals surface area contributed by atoms with E-state index in [0.717, 1.165) is 6.26 Å². The topological polar surface area (TPSA) is 133 Å². The van der Waals surface area contributed by atoms with Crippen molar-refractivity contribution in [3.8, 4) is 11.1 Å². The zero-order valence-corrected chi connectivity index (χ0v) is 15.7. The van der Waals surface area contributed by atoms with Crippen molar-refractivity contribution in [2.45, 2.75) is 17.4 Å². The number of halogens is 1.